The van der Waals surface area contributed by atoms with Crippen molar-refractivity contribution in [3.8, 4) is 0 Å². The Morgan fingerprint density at radius 1 is 1.28 bits per heavy atom. The summed E-state index contributed by atoms with van der Waals surface area (Å²) in [6, 6.07) is 6.04. The molecular weight excluding hydrogens is 326 g/mol. The van der Waals surface area contributed by atoms with E-state index in [1.165, 1.54) is 31.2 Å². The monoisotopic (exact) mass is 345 g/mol. The third-order valence-electron chi connectivity index (χ3n) is 3.56. The minimum atomic E-state index is -1.03. The molecule has 0 aliphatic rings. The first-order valence-electron chi connectivity index (χ1n) is 7.70. The fraction of sp³-hybridized carbons (Fsp3) is 0.294. The molecule has 2 rings (SSSR count). The molecule has 0 radical (unpaired) electrons. The number of primary amides is 1. The Labute approximate surface area is 144 Å². The molecule has 25 heavy (non-hydrogen) atoms. The highest BCUT2D eigenvalue weighted by molar-refractivity contribution is 5.98. The summed E-state index contributed by atoms with van der Waals surface area (Å²) in [7, 11) is 0. The molecule has 132 valence electrons. The number of nitrogens with two attached hydrogens (primary N) is 1. The Morgan fingerprint density at radius 2 is 1.92 bits per heavy atom. The van der Waals surface area contributed by atoms with E-state index >= 15 is 0 Å². The van der Waals surface area contributed by atoms with Crippen molar-refractivity contribution < 1.29 is 23.6 Å². The lowest BCUT2D eigenvalue weighted by atomic mass is 10.1. The number of benzene rings is 1. The number of aryl methyl sites for hydroxylation is 2. The summed E-state index contributed by atoms with van der Waals surface area (Å²) in [5.41, 5.74) is 6.66. The Bertz CT molecular complexity index is 795. The highest BCUT2D eigenvalue weighted by Gasteiger charge is 2.25. The summed E-state index contributed by atoms with van der Waals surface area (Å²) in [4.78, 5) is 35.4. The molecular formula is C17H19N3O5. The van der Waals surface area contributed by atoms with Crippen LogP contribution >= 0.6 is 0 Å². The van der Waals surface area contributed by atoms with Crippen molar-refractivity contribution in [3.63, 3.8) is 0 Å². The summed E-state index contributed by atoms with van der Waals surface area (Å²) in [6.07, 6.45) is -0.517. The van der Waals surface area contributed by atoms with Crippen LogP contribution in [0.4, 0.5) is 5.69 Å². The van der Waals surface area contributed by atoms with Crippen molar-refractivity contribution in [3.05, 3.63) is 46.8 Å². The van der Waals surface area contributed by atoms with Gasteiger partial charge in [0.25, 0.3) is 5.91 Å². The van der Waals surface area contributed by atoms with Crippen LogP contribution in [0.1, 0.15) is 46.0 Å². The molecule has 8 nitrogen and oxygen atoms in total. The highest BCUT2D eigenvalue weighted by atomic mass is 16.5. The zero-order valence-corrected chi connectivity index (χ0v) is 14.2. The van der Waals surface area contributed by atoms with Gasteiger partial charge in [0.15, 0.2) is 6.10 Å². The molecule has 1 heterocycles. The maximum atomic E-state index is 12.2. The van der Waals surface area contributed by atoms with Crippen LogP contribution in [-0.4, -0.2) is 29.0 Å². The molecule has 0 aliphatic heterocycles. The van der Waals surface area contributed by atoms with Crippen molar-refractivity contribution in [2.45, 2.75) is 33.3 Å². The number of anilines is 1. The van der Waals surface area contributed by atoms with E-state index in [0.717, 1.165) is 0 Å². The number of hydrogen-bond acceptors (Lipinski definition) is 6. The number of carbonyl (C=O) groups excluding carboxylic acids is 3. The minimum Gasteiger partial charge on any atom is -0.449 e. The second kappa shape index (κ2) is 7.61. The van der Waals surface area contributed by atoms with Crippen LogP contribution in [0.2, 0.25) is 0 Å². The molecule has 1 atom stereocenters. The Hall–Kier alpha value is -3.16. The van der Waals surface area contributed by atoms with E-state index in [9.17, 15) is 14.4 Å². The second-order valence-electron chi connectivity index (χ2n) is 5.39. The lowest BCUT2D eigenvalue weighted by Gasteiger charge is -2.13. The molecule has 0 fully saturated rings. The van der Waals surface area contributed by atoms with E-state index in [2.05, 4.69) is 10.5 Å². The Balaban J connectivity index is 2.01. The number of ether oxygens (including phenoxy) is 1. The normalized spacial score (nSPS) is 11.6. The van der Waals surface area contributed by atoms with Crippen LogP contribution in [-0.2, 0) is 16.0 Å². The van der Waals surface area contributed by atoms with Crippen molar-refractivity contribution >= 4 is 23.5 Å². The Kier molecular flexibility index (Phi) is 5.53. The van der Waals surface area contributed by atoms with Gasteiger partial charge in [0.1, 0.15) is 11.3 Å². The van der Waals surface area contributed by atoms with Gasteiger partial charge in [-0.25, -0.2) is 4.79 Å². The van der Waals surface area contributed by atoms with E-state index in [0.29, 0.717) is 29.1 Å². The number of hydrogen-bond donors (Lipinski definition) is 2. The van der Waals surface area contributed by atoms with Gasteiger partial charge in [-0.2, -0.15) is 0 Å². The van der Waals surface area contributed by atoms with E-state index < -0.39 is 23.9 Å². The summed E-state index contributed by atoms with van der Waals surface area (Å²) in [6.45, 7) is 4.90. The van der Waals surface area contributed by atoms with Gasteiger partial charge in [-0.3, -0.25) is 9.59 Å². The van der Waals surface area contributed by atoms with E-state index in [-0.39, 0.29) is 5.56 Å². The second-order valence-corrected chi connectivity index (χ2v) is 5.39. The highest BCUT2D eigenvalue weighted by Crippen LogP contribution is 2.17. The van der Waals surface area contributed by atoms with Crippen LogP contribution in [0.25, 0.3) is 0 Å². The van der Waals surface area contributed by atoms with Gasteiger partial charge in [0.05, 0.1) is 5.69 Å². The number of nitrogens with one attached hydrogen (secondary N) is 1. The number of esters is 1. The van der Waals surface area contributed by atoms with Crippen LogP contribution in [0.3, 0.4) is 0 Å². The van der Waals surface area contributed by atoms with Gasteiger partial charge < -0.3 is 20.3 Å². The van der Waals surface area contributed by atoms with Gasteiger partial charge in [0.2, 0.25) is 5.91 Å². The van der Waals surface area contributed by atoms with E-state index in [4.69, 9.17) is 15.0 Å². The van der Waals surface area contributed by atoms with Crippen LogP contribution in [0.15, 0.2) is 28.8 Å². The molecule has 2 amide bonds. The smallest absolute Gasteiger partial charge is 0.344 e. The molecule has 0 aliphatic carbocycles. The first kappa shape index (κ1) is 18.2. The third kappa shape index (κ3) is 4.23. The fourth-order valence-corrected chi connectivity index (χ4v) is 2.16. The number of aromatic nitrogens is 1. The summed E-state index contributed by atoms with van der Waals surface area (Å²) < 4.78 is 10.2. The summed E-state index contributed by atoms with van der Waals surface area (Å²) in [5, 5.41) is 6.38. The number of rotatable bonds is 6. The summed E-state index contributed by atoms with van der Waals surface area (Å²) >= 11 is 0. The lowest BCUT2D eigenvalue weighted by Crippen LogP contribution is -2.30. The van der Waals surface area contributed by atoms with Crippen LogP contribution < -0.4 is 11.1 Å². The molecule has 3 N–H and O–H groups in total. The topological polar surface area (TPSA) is 125 Å². The average molecular weight is 345 g/mol. The van der Waals surface area contributed by atoms with Crippen LogP contribution in [0, 0.1) is 6.92 Å². The molecule has 1 aromatic heterocycles. The van der Waals surface area contributed by atoms with Gasteiger partial charge in [-0.15, -0.1) is 0 Å². The molecule has 0 saturated heterocycles. The van der Waals surface area contributed by atoms with Crippen LogP contribution in [0.5, 0.6) is 0 Å². The molecule has 8 heteroatoms. The molecule has 1 unspecified atom stereocenters. The van der Waals surface area contributed by atoms with Gasteiger partial charge >= 0.3 is 5.97 Å². The molecule has 1 aromatic carbocycles. The third-order valence-corrected chi connectivity index (χ3v) is 3.56. The maximum absolute atomic E-state index is 12.2. The van der Waals surface area contributed by atoms with Crippen molar-refractivity contribution in [1.82, 2.24) is 5.16 Å². The predicted molar refractivity (Wildman–Crippen MR) is 89.1 cm³/mol. The van der Waals surface area contributed by atoms with E-state index in [1.807, 2.05) is 6.92 Å². The first-order chi connectivity index (χ1) is 11.8. The number of amides is 2. The standard InChI is InChI=1S/C17H19N3O5/c1-4-13-14(9(2)25-20-13)17(23)24-10(3)16(22)19-12-7-5-11(6-8-12)15(18)21/h5-8,10H,4H2,1-3H3,(H2,18,21)(H,19,22). The molecule has 0 bridgehead atoms. The van der Waals surface area contributed by atoms with E-state index in [1.54, 1.807) is 6.92 Å². The lowest BCUT2D eigenvalue weighted by molar-refractivity contribution is -0.123. The quantitative estimate of drug-likeness (QED) is 0.770. The minimum absolute atomic E-state index is 0.243. The molecule has 0 spiro atoms. The van der Waals surface area contributed by atoms with Crippen molar-refractivity contribution in [1.29, 1.82) is 0 Å². The van der Waals surface area contributed by atoms with Crippen molar-refractivity contribution in [2.24, 2.45) is 5.73 Å². The SMILES string of the molecule is CCc1noc(C)c1C(=O)OC(C)C(=O)Nc1ccc(C(N)=O)cc1. The van der Waals surface area contributed by atoms with Gasteiger partial charge in [-0.1, -0.05) is 12.1 Å². The molecule has 0 saturated carbocycles. The Morgan fingerprint density at radius 3 is 2.48 bits per heavy atom. The average Bonchev–Trinajstić information content (AvgIpc) is 2.96. The predicted octanol–water partition coefficient (Wildman–Crippen LogP) is 1.83. The van der Waals surface area contributed by atoms with Gasteiger partial charge in [0, 0.05) is 11.3 Å². The zero-order valence-electron chi connectivity index (χ0n) is 14.2. The maximum Gasteiger partial charge on any atom is 0.344 e. The fourth-order valence-electron chi connectivity index (χ4n) is 2.16. The first-order valence-corrected chi connectivity index (χ1v) is 7.70. The molecule has 2 aromatic rings. The zero-order chi connectivity index (χ0) is 18.6. The summed E-state index contributed by atoms with van der Waals surface area (Å²) in [5.74, 6) is -1.39. The van der Waals surface area contributed by atoms with Gasteiger partial charge in [-0.05, 0) is 44.5 Å². The largest absolute Gasteiger partial charge is 0.449 e. The number of carbonyl (C=O) groups is 3. The number of nitrogens with zero attached hydrogens (tertiary/aromatic N) is 1. The van der Waals surface area contributed by atoms with Crippen molar-refractivity contribution in [2.75, 3.05) is 5.32 Å².